The Morgan fingerprint density at radius 1 is 0.304 bits per heavy atom. The fourth-order valence-corrected chi connectivity index (χ4v) is 6.97. The standard InChI is InChI=1S/C63H100O6/c1-4-7-10-13-16-19-22-25-28-30-31-33-35-38-41-44-47-50-53-56-62(65)68-59-60(58-67-61(64)55-52-49-46-43-40-37-34-27-24-21-18-15-12-9-6-3)69-63(66)57-54-51-48-45-42-39-36-32-29-26-23-20-17-14-11-8-5-2/h7,10,16-21,25-29,31,33-34,36,38-39,41,47,50,60H,4-6,8-9,11-15,22-24,30,32,35,37,40,42-46,48-49,51-59H2,1-3H3/b10-7+,19-16+,20-17+,21-18+,28-25+,29-26+,33-31+,34-27+,39-36+,41-38+,50-47+/t60-/m1/s1. The molecule has 0 bridgehead atoms. The molecule has 0 aliphatic heterocycles. The zero-order valence-corrected chi connectivity index (χ0v) is 44.3. The van der Waals surface area contributed by atoms with Crippen molar-refractivity contribution in [3.05, 3.63) is 134 Å². The Labute approximate surface area is 424 Å². The normalized spacial score (nSPS) is 13.1. The first-order valence-electron chi connectivity index (χ1n) is 27.7. The van der Waals surface area contributed by atoms with Gasteiger partial charge in [-0.05, 0) is 128 Å². The summed E-state index contributed by atoms with van der Waals surface area (Å²) < 4.78 is 16.7. The zero-order chi connectivity index (χ0) is 50.0. The highest BCUT2D eigenvalue weighted by atomic mass is 16.6. The topological polar surface area (TPSA) is 78.9 Å². The molecule has 0 aromatic rings. The zero-order valence-electron chi connectivity index (χ0n) is 44.3. The Kier molecular flexibility index (Phi) is 52.5. The Morgan fingerprint density at radius 2 is 0.594 bits per heavy atom. The average Bonchev–Trinajstić information content (AvgIpc) is 3.35. The molecular weight excluding hydrogens is 853 g/mol. The monoisotopic (exact) mass is 953 g/mol. The van der Waals surface area contributed by atoms with E-state index >= 15 is 0 Å². The van der Waals surface area contributed by atoms with E-state index in [4.69, 9.17) is 14.2 Å². The number of carbonyl (C=O) groups excluding carboxylic acids is 3. The van der Waals surface area contributed by atoms with Crippen molar-refractivity contribution >= 4 is 17.9 Å². The van der Waals surface area contributed by atoms with E-state index < -0.39 is 6.10 Å². The van der Waals surface area contributed by atoms with E-state index in [1.807, 2.05) is 12.2 Å². The molecule has 0 rings (SSSR count). The molecule has 0 aromatic heterocycles. The van der Waals surface area contributed by atoms with Crippen molar-refractivity contribution in [1.29, 1.82) is 0 Å². The van der Waals surface area contributed by atoms with Crippen LogP contribution in [0.5, 0.6) is 0 Å². The van der Waals surface area contributed by atoms with E-state index in [2.05, 4.69) is 142 Å². The number of hydrogen-bond donors (Lipinski definition) is 0. The minimum absolute atomic E-state index is 0.122. The predicted molar refractivity (Wildman–Crippen MR) is 297 cm³/mol. The van der Waals surface area contributed by atoms with Gasteiger partial charge >= 0.3 is 17.9 Å². The Morgan fingerprint density at radius 3 is 0.971 bits per heavy atom. The summed E-state index contributed by atoms with van der Waals surface area (Å²) in [6.07, 6.45) is 78.7. The van der Waals surface area contributed by atoms with Crippen LogP contribution in [0.25, 0.3) is 0 Å². The van der Waals surface area contributed by atoms with Gasteiger partial charge in [0.2, 0.25) is 0 Å². The number of ether oxygens (including phenoxy) is 3. The molecule has 0 aromatic carbocycles. The van der Waals surface area contributed by atoms with Gasteiger partial charge in [0.05, 0.1) is 0 Å². The van der Waals surface area contributed by atoms with Crippen molar-refractivity contribution in [1.82, 2.24) is 0 Å². The van der Waals surface area contributed by atoms with Gasteiger partial charge in [0, 0.05) is 19.3 Å². The molecule has 0 aliphatic rings. The molecule has 0 spiro atoms. The summed E-state index contributed by atoms with van der Waals surface area (Å²) in [5, 5.41) is 0. The Balaban J connectivity index is 4.59. The van der Waals surface area contributed by atoms with Crippen LogP contribution in [0.2, 0.25) is 0 Å². The fourth-order valence-electron chi connectivity index (χ4n) is 6.97. The summed E-state index contributed by atoms with van der Waals surface area (Å²) in [7, 11) is 0. The highest BCUT2D eigenvalue weighted by molar-refractivity contribution is 5.71. The van der Waals surface area contributed by atoms with E-state index in [9.17, 15) is 14.4 Å². The van der Waals surface area contributed by atoms with E-state index in [0.717, 1.165) is 128 Å². The summed E-state index contributed by atoms with van der Waals surface area (Å²) in [4.78, 5) is 38.1. The van der Waals surface area contributed by atoms with Crippen LogP contribution >= 0.6 is 0 Å². The first-order valence-corrected chi connectivity index (χ1v) is 27.7. The molecule has 0 radical (unpaired) electrons. The maximum Gasteiger partial charge on any atom is 0.306 e. The lowest BCUT2D eigenvalue weighted by Gasteiger charge is -2.18. The van der Waals surface area contributed by atoms with Gasteiger partial charge in [-0.1, -0.05) is 212 Å². The first-order chi connectivity index (χ1) is 34.0. The van der Waals surface area contributed by atoms with Crippen molar-refractivity contribution < 1.29 is 28.6 Å². The number of unbranched alkanes of at least 4 members (excludes halogenated alkanes) is 15. The second-order valence-corrected chi connectivity index (χ2v) is 17.7. The van der Waals surface area contributed by atoms with E-state index in [0.29, 0.717) is 12.8 Å². The second-order valence-electron chi connectivity index (χ2n) is 17.7. The lowest BCUT2D eigenvalue weighted by atomic mass is 10.1. The molecule has 0 N–H and O–H groups in total. The second kappa shape index (κ2) is 56.1. The maximum atomic E-state index is 12.8. The van der Waals surface area contributed by atoms with E-state index in [1.165, 1.54) is 51.4 Å². The molecule has 0 heterocycles. The van der Waals surface area contributed by atoms with Gasteiger partial charge in [0.1, 0.15) is 13.2 Å². The molecule has 69 heavy (non-hydrogen) atoms. The fraction of sp³-hybridized carbons (Fsp3) is 0.603. The van der Waals surface area contributed by atoms with E-state index in [-0.39, 0.29) is 44.0 Å². The minimum atomic E-state index is -0.832. The molecule has 1 atom stereocenters. The molecule has 0 unspecified atom stereocenters. The van der Waals surface area contributed by atoms with Gasteiger partial charge < -0.3 is 14.2 Å². The number of allylic oxidation sites excluding steroid dienone is 22. The van der Waals surface area contributed by atoms with Crippen LogP contribution in [0.15, 0.2) is 134 Å². The first kappa shape index (κ1) is 64.5. The predicted octanol–water partition coefficient (Wildman–Crippen LogP) is 18.6. The highest BCUT2D eigenvalue weighted by Gasteiger charge is 2.19. The lowest BCUT2D eigenvalue weighted by molar-refractivity contribution is -0.166. The average molecular weight is 953 g/mol. The lowest BCUT2D eigenvalue weighted by Crippen LogP contribution is -2.30. The maximum absolute atomic E-state index is 12.8. The quantitative estimate of drug-likeness (QED) is 0.0262. The van der Waals surface area contributed by atoms with Gasteiger partial charge in [-0.3, -0.25) is 14.4 Å². The largest absolute Gasteiger partial charge is 0.462 e. The third-order valence-corrected chi connectivity index (χ3v) is 11.1. The van der Waals surface area contributed by atoms with Crippen LogP contribution in [0.1, 0.15) is 226 Å². The Hall–Kier alpha value is -4.45. The summed E-state index contributed by atoms with van der Waals surface area (Å²) in [5.41, 5.74) is 0. The van der Waals surface area contributed by atoms with Crippen molar-refractivity contribution in [3.8, 4) is 0 Å². The van der Waals surface area contributed by atoms with Crippen molar-refractivity contribution in [3.63, 3.8) is 0 Å². The molecule has 0 aliphatic carbocycles. The van der Waals surface area contributed by atoms with Crippen LogP contribution in [-0.2, 0) is 28.6 Å². The molecule has 0 saturated heterocycles. The molecule has 388 valence electrons. The summed E-state index contributed by atoms with van der Waals surface area (Å²) in [5.74, 6) is -1.05. The van der Waals surface area contributed by atoms with Crippen LogP contribution < -0.4 is 0 Å². The molecule has 0 saturated carbocycles. The SMILES string of the molecule is CC/C=C/C/C=C/C/C=C/C/C=C/C/C=C/C/C=C/CCC(=O)OC[C@@H](COC(=O)CCCCCCC/C=C/C/C=C/CCCCC)OC(=O)CCCCCC/C=C/C/C=C/C/C=C/CCCCC. The van der Waals surface area contributed by atoms with Gasteiger partial charge in [-0.25, -0.2) is 0 Å². The smallest absolute Gasteiger partial charge is 0.306 e. The van der Waals surface area contributed by atoms with Gasteiger partial charge in [-0.15, -0.1) is 0 Å². The van der Waals surface area contributed by atoms with Crippen molar-refractivity contribution in [2.24, 2.45) is 0 Å². The van der Waals surface area contributed by atoms with Crippen molar-refractivity contribution in [2.75, 3.05) is 13.2 Å². The third kappa shape index (κ3) is 54.4. The van der Waals surface area contributed by atoms with Gasteiger partial charge in [0.25, 0.3) is 0 Å². The van der Waals surface area contributed by atoms with Crippen LogP contribution in [0, 0.1) is 0 Å². The molecule has 0 amide bonds. The number of carbonyl (C=O) groups is 3. The number of hydrogen-bond acceptors (Lipinski definition) is 6. The minimum Gasteiger partial charge on any atom is -0.462 e. The summed E-state index contributed by atoms with van der Waals surface area (Å²) in [6.45, 7) is 6.36. The molecular formula is C63H100O6. The third-order valence-electron chi connectivity index (χ3n) is 11.1. The number of rotatable bonds is 48. The van der Waals surface area contributed by atoms with Crippen LogP contribution in [0.4, 0.5) is 0 Å². The van der Waals surface area contributed by atoms with Gasteiger partial charge in [-0.2, -0.15) is 0 Å². The van der Waals surface area contributed by atoms with Crippen LogP contribution in [-0.4, -0.2) is 37.2 Å². The molecule has 6 heteroatoms. The van der Waals surface area contributed by atoms with Crippen LogP contribution in [0.3, 0.4) is 0 Å². The highest BCUT2D eigenvalue weighted by Crippen LogP contribution is 2.12. The summed E-state index contributed by atoms with van der Waals surface area (Å²) in [6, 6.07) is 0. The van der Waals surface area contributed by atoms with Gasteiger partial charge in [0.15, 0.2) is 6.10 Å². The summed E-state index contributed by atoms with van der Waals surface area (Å²) >= 11 is 0. The molecule has 0 fully saturated rings. The van der Waals surface area contributed by atoms with Crippen molar-refractivity contribution in [2.45, 2.75) is 232 Å². The molecule has 6 nitrogen and oxygen atoms in total. The van der Waals surface area contributed by atoms with E-state index in [1.54, 1.807) is 0 Å². The Bertz CT molecular complexity index is 1510. The number of esters is 3.